The SMILES string of the molecule is COc1cc(-c2nccc(-c3cccc(-c4ccc(CNC[C@H]5CCC(=O)N5)c(OC)n4)c3Cl)c2Cl)ccc1CNC1(C(=O)O)CC1. The fourth-order valence-electron chi connectivity index (χ4n) is 5.83. The maximum absolute atomic E-state index is 11.6. The average Bonchev–Trinajstić information content (AvgIpc) is 3.77. The van der Waals surface area contributed by atoms with Gasteiger partial charge in [-0.1, -0.05) is 59.6 Å². The Labute approximate surface area is 282 Å². The lowest BCUT2D eigenvalue weighted by Gasteiger charge is -2.17. The number of amides is 1. The van der Waals surface area contributed by atoms with Gasteiger partial charge in [-0.3, -0.25) is 19.9 Å². The number of carboxylic acids is 1. The number of carbonyl (C=O) groups is 2. The number of pyridine rings is 2. The van der Waals surface area contributed by atoms with Gasteiger partial charge in [-0.25, -0.2) is 4.98 Å². The second kappa shape index (κ2) is 13.9. The number of carboxylic acid groups (broad SMARTS) is 1. The molecule has 2 aromatic carbocycles. The zero-order chi connectivity index (χ0) is 33.1. The van der Waals surface area contributed by atoms with Crippen LogP contribution in [-0.2, 0) is 22.7 Å². The maximum Gasteiger partial charge on any atom is 0.323 e. The van der Waals surface area contributed by atoms with E-state index in [-0.39, 0.29) is 11.9 Å². The van der Waals surface area contributed by atoms with Crippen molar-refractivity contribution in [1.29, 1.82) is 0 Å². The van der Waals surface area contributed by atoms with Crippen LogP contribution in [0.5, 0.6) is 11.6 Å². The van der Waals surface area contributed by atoms with Crippen LogP contribution in [0.3, 0.4) is 0 Å². The molecule has 47 heavy (non-hydrogen) atoms. The minimum Gasteiger partial charge on any atom is -0.496 e. The Balaban J connectivity index is 1.24. The molecule has 0 unspecified atom stereocenters. The number of hydrogen-bond donors (Lipinski definition) is 4. The van der Waals surface area contributed by atoms with Gasteiger partial charge < -0.3 is 25.2 Å². The third kappa shape index (κ3) is 6.92. The fourth-order valence-corrected chi connectivity index (χ4v) is 6.47. The first kappa shape index (κ1) is 32.7. The fraction of sp³-hybridized carbons (Fsp3) is 0.314. The second-order valence-corrected chi connectivity index (χ2v) is 12.5. The summed E-state index contributed by atoms with van der Waals surface area (Å²) in [5.74, 6) is 0.340. The molecule has 1 atom stereocenters. The smallest absolute Gasteiger partial charge is 0.323 e. The Morgan fingerprint density at radius 2 is 1.77 bits per heavy atom. The summed E-state index contributed by atoms with van der Waals surface area (Å²) in [5, 5.41) is 19.9. The highest BCUT2D eigenvalue weighted by molar-refractivity contribution is 6.39. The van der Waals surface area contributed by atoms with E-state index in [0.29, 0.717) is 77.5 Å². The summed E-state index contributed by atoms with van der Waals surface area (Å²) in [4.78, 5) is 32.4. The number of halogens is 2. The number of carbonyl (C=O) groups excluding carboxylic acids is 1. The molecular formula is C35H35Cl2N5O5. The second-order valence-electron chi connectivity index (χ2n) is 11.8. The van der Waals surface area contributed by atoms with Crippen LogP contribution in [0.2, 0.25) is 10.0 Å². The standard InChI is InChI=1S/C35H35Cl2N5O5/c1-46-28-16-20(6-7-21(28)18-40-35(13-14-35)34(44)45)32-31(37)25(12-15-39-32)24-4-3-5-26(30(24)36)27-10-8-22(33(42-27)47-2)17-38-19-23-9-11-29(43)41-23/h3-8,10,12,15-16,23,38,40H,9,11,13-14,17-19H2,1-2H3,(H,41,43)(H,44,45)/t23-/m1/s1. The number of rotatable bonds is 13. The van der Waals surface area contributed by atoms with Crippen molar-refractivity contribution in [3.63, 3.8) is 0 Å². The molecule has 1 aliphatic heterocycles. The number of hydrogen-bond acceptors (Lipinski definition) is 8. The summed E-state index contributed by atoms with van der Waals surface area (Å²) >= 11 is 14.1. The van der Waals surface area contributed by atoms with Crippen LogP contribution < -0.4 is 25.4 Å². The monoisotopic (exact) mass is 675 g/mol. The Morgan fingerprint density at radius 3 is 2.47 bits per heavy atom. The topological polar surface area (TPSA) is 135 Å². The van der Waals surface area contributed by atoms with E-state index in [2.05, 4.69) is 20.9 Å². The molecule has 244 valence electrons. The minimum absolute atomic E-state index is 0.0910. The van der Waals surface area contributed by atoms with Crippen LogP contribution in [0.1, 0.15) is 36.8 Å². The predicted octanol–water partition coefficient (Wildman–Crippen LogP) is 5.88. The summed E-state index contributed by atoms with van der Waals surface area (Å²) in [6, 6.07) is 17.2. The molecule has 2 aliphatic rings. The van der Waals surface area contributed by atoms with Gasteiger partial charge in [-0.2, -0.15) is 0 Å². The van der Waals surface area contributed by atoms with Crippen molar-refractivity contribution >= 4 is 35.1 Å². The molecule has 1 saturated heterocycles. The van der Waals surface area contributed by atoms with E-state index in [4.69, 9.17) is 37.7 Å². The molecule has 1 amide bonds. The number of nitrogens with one attached hydrogen (secondary N) is 3. The number of methoxy groups -OCH3 is 2. The molecule has 4 aromatic rings. The molecule has 1 saturated carbocycles. The number of nitrogens with zero attached hydrogens (tertiary/aromatic N) is 2. The normalized spacial score (nSPS) is 16.5. The highest BCUT2D eigenvalue weighted by Crippen LogP contribution is 2.42. The summed E-state index contributed by atoms with van der Waals surface area (Å²) in [7, 11) is 3.16. The largest absolute Gasteiger partial charge is 0.496 e. The van der Waals surface area contributed by atoms with Crippen LogP contribution in [0, 0.1) is 0 Å². The first-order valence-electron chi connectivity index (χ1n) is 15.4. The highest BCUT2D eigenvalue weighted by atomic mass is 35.5. The van der Waals surface area contributed by atoms with E-state index >= 15 is 0 Å². The molecule has 10 nitrogen and oxygen atoms in total. The molecular weight excluding hydrogens is 641 g/mol. The Hall–Kier alpha value is -4.22. The van der Waals surface area contributed by atoms with Gasteiger partial charge in [0.2, 0.25) is 11.8 Å². The quantitative estimate of drug-likeness (QED) is 0.137. The highest BCUT2D eigenvalue weighted by Gasteiger charge is 2.49. The molecule has 0 bridgehead atoms. The van der Waals surface area contributed by atoms with Crippen molar-refractivity contribution in [3.05, 3.63) is 82.0 Å². The number of aromatic nitrogens is 2. The van der Waals surface area contributed by atoms with E-state index in [1.807, 2.05) is 54.6 Å². The number of aliphatic carboxylic acids is 1. The van der Waals surface area contributed by atoms with Gasteiger partial charge in [0.05, 0.1) is 35.7 Å². The third-order valence-corrected chi connectivity index (χ3v) is 9.50. The van der Waals surface area contributed by atoms with E-state index in [1.165, 1.54) is 0 Å². The zero-order valence-electron chi connectivity index (χ0n) is 26.0. The van der Waals surface area contributed by atoms with Crippen LogP contribution in [-0.4, -0.2) is 59.3 Å². The van der Waals surface area contributed by atoms with Gasteiger partial charge in [-0.15, -0.1) is 0 Å². The van der Waals surface area contributed by atoms with Gasteiger partial charge in [0.15, 0.2) is 0 Å². The van der Waals surface area contributed by atoms with Crippen molar-refractivity contribution in [2.24, 2.45) is 0 Å². The number of benzene rings is 2. The van der Waals surface area contributed by atoms with Crippen molar-refractivity contribution in [2.45, 2.75) is 50.4 Å². The van der Waals surface area contributed by atoms with Crippen molar-refractivity contribution in [2.75, 3.05) is 20.8 Å². The van der Waals surface area contributed by atoms with Crippen molar-refractivity contribution < 1.29 is 24.2 Å². The van der Waals surface area contributed by atoms with Gasteiger partial charge >= 0.3 is 5.97 Å². The maximum atomic E-state index is 11.6. The lowest BCUT2D eigenvalue weighted by Crippen LogP contribution is -2.38. The lowest BCUT2D eigenvalue weighted by atomic mass is 9.99. The van der Waals surface area contributed by atoms with Gasteiger partial charge in [-0.05, 0) is 37.5 Å². The Bertz CT molecular complexity index is 1830. The predicted molar refractivity (Wildman–Crippen MR) is 181 cm³/mol. The van der Waals surface area contributed by atoms with E-state index in [1.54, 1.807) is 20.4 Å². The molecule has 1 aliphatic carbocycles. The van der Waals surface area contributed by atoms with Crippen LogP contribution in [0.15, 0.2) is 60.8 Å². The summed E-state index contributed by atoms with van der Waals surface area (Å²) < 4.78 is 11.3. The molecule has 0 spiro atoms. The summed E-state index contributed by atoms with van der Waals surface area (Å²) in [6.07, 6.45) is 4.29. The van der Waals surface area contributed by atoms with Crippen LogP contribution >= 0.6 is 23.2 Å². The Morgan fingerprint density at radius 1 is 1.00 bits per heavy atom. The summed E-state index contributed by atoms with van der Waals surface area (Å²) in [6.45, 7) is 1.56. The van der Waals surface area contributed by atoms with E-state index in [9.17, 15) is 14.7 Å². The van der Waals surface area contributed by atoms with Crippen LogP contribution in [0.25, 0.3) is 33.6 Å². The van der Waals surface area contributed by atoms with Gasteiger partial charge in [0.1, 0.15) is 11.3 Å². The minimum atomic E-state index is -0.854. The Kier molecular flexibility index (Phi) is 9.65. The van der Waals surface area contributed by atoms with Crippen molar-refractivity contribution in [1.82, 2.24) is 25.9 Å². The zero-order valence-corrected chi connectivity index (χ0v) is 27.5. The number of ether oxygens (including phenoxy) is 2. The van der Waals surface area contributed by atoms with E-state index in [0.717, 1.165) is 34.2 Å². The molecule has 0 radical (unpaired) electrons. The average molecular weight is 677 g/mol. The van der Waals surface area contributed by atoms with Gasteiger partial charge in [0, 0.05) is 71.7 Å². The lowest BCUT2D eigenvalue weighted by molar-refractivity contribution is -0.140. The molecule has 2 fully saturated rings. The molecule has 6 rings (SSSR count). The molecule has 12 heteroatoms. The molecule has 3 heterocycles. The van der Waals surface area contributed by atoms with Crippen molar-refractivity contribution in [3.8, 4) is 45.3 Å². The third-order valence-electron chi connectivity index (χ3n) is 8.71. The van der Waals surface area contributed by atoms with Gasteiger partial charge in [0.25, 0.3) is 0 Å². The molecule has 4 N–H and O–H groups in total. The summed E-state index contributed by atoms with van der Waals surface area (Å²) in [5.41, 5.74) is 4.97. The first-order chi connectivity index (χ1) is 22.7. The molecule has 2 aromatic heterocycles. The first-order valence-corrected chi connectivity index (χ1v) is 16.1. The van der Waals surface area contributed by atoms with E-state index < -0.39 is 11.5 Å². The van der Waals surface area contributed by atoms with Crippen LogP contribution in [0.4, 0.5) is 0 Å².